The number of benzene rings is 2. The number of hydrazone groups is 1. The first kappa shape index (κ1) is 18.4. The Balaban J connectivity index is 1.73. The van der Waals surface area contributed by atoms with Gasteiger partial charge in [0.15, 0.2) is 0 Å². The molecular weight excluding hydrogens is 416 g/mol. The molecule has 132 valence electrons. The molecule has 0 spiro atoms. The zero-order chi connectivity index (χ0) is 18.5. The highest BCUT2D eigenvalue weighted by atomic mass is 79.9. The summed E-state index contributed by atoms with van der Waals surface area (Å²) in [7, 11) is 0. The van der Waals surface area contributed by atoms with Crippen molar-refractivity contribution in [2.75, 3.05) is 0 Å². The number of carbonyl (C=O) groups excluding carboxylic acids is 1. The smallest absolute Gasteiger partial charge is 0.267 e. The predicted octanol–water partition coefficient (Wildman–Crippen LogP) is 4.42. The van der Waals surface area contributed by atoms with Crippen molar-refractivity contribution < 1.29 is 4.79 Å². The Morgan fingerprint density at radius 3 is 2.65 bits per heavy atom. The van der Waals surface area contributed by atoms with Crippen molar-refractivity contribution in [2.45, 2.75) is 13.5 Å². The van der Waals surface area contributed by atoms with Gasteiger partial charge in [-0.1, -0.05) is 54.1 Å². The quantitative estimate of drug-likeness (QED) is 0.480. The number of aromatic nitrogens is 2. The van der Waals surface area contributed by atoms with E-state index in [0.29, 0.717) is 27.3 Å². The van der Waals surface area contributed by atoms with Crippen LogP contribution in [0.25, 0.3) is 0 Å². The summed E-state index contributed by atoms with van der Waals surface area (Å²) in [6, 6.07) is 17.1. The molecule has 0 saturated heterocycles. The zero-order valence-electron chi connectivity index (χ0n) is 14.0. The highest BCUT2D eigenvalue weighted by molar-refractivity contribution is 9.10. The topological polar surface area (TPSA) is 59.3 Å². The van der Waals surface area contributed by atoms with E-state index in [9.17, 15) is 4.79 Å². The number of nitrogens with one attached hydrogen (secondary N) is 1. The standard InChI is InChI=1S/C19H16BrClN4O/c1-13-16(11-22-23-19(26)15-9-5-6-10-17(15)20)18(21)25(24-13)12-14-7-3-2-4-8-14/h2-11H,12H2,1H3,(H,23,26)/b22-11+. The fourth-order valence-corrected chi connectivity index (χ4v) is 3.18. The van der Waals surface area contributed by atoms with Crippen LogP contribution in [0.5, 0.6) is 0 Å². The molecule has 0 saturated carbocycles. The van der Waals surface area contributed by atoms with Crippen molar-refractivity contribution >= 4 is 39.7 Å². The fourth-order valence-electron chi connectivity index (χ4n) is 2.44. The summed E-state index contributed by atoms with van der Waals surface area (Å²) < 4.78 is 2.42. The molecule has 26 heavy (non-hydrogen) atoms. The number of amides is 1. The van der Waals surface area contributed by atoms with Crippen molar-refractivity contribution in [2.24, 2.45) is 5.10 Å². The molecule has 3 aromatic rings. The molecular formula is C19H16BrClN4O. The van der Waals surface area contributed by atoms with E-state index in [2.05, 4.69) is 31.6 Å². The minimum Gasteiger partial charge on any atom is -0.267 e. The summed E-state index contributed by atoms with van der Waals surface area (Å²) in [5.74, 6) is -0.306. The van der Waals surface area contributed by atoms with Crippen LogP contribution in [-0.2, 0) is 6.54 Å². The summed E-state index contributed by atoms with van der Waals surface area (Å²) in [5.41, 5.74) is 5.53. The summed E-state index contributed by atoms with van der Waals surface area (Å²) in [4.78, 5) is 12.2. The molecule has 3 rings (SSSR count). The van der Waals surface area contributed by atoms with Crippen molar-refractivity contribution in [3.63, 3.8) is 0 Å². The second-order valence-corrected chi connectivity index (χ2v) is 6.82. The van der Waals surface area contributed by atoms with Crippen LogP contribution in [0.3, 0.4) is 0 Å². The van der Waals surface area contributed by atoms with Gasteiger partial charge >= 0.3 is 0 Å². The van der Waals surface area contributed by atoms with Crippen LogP contribution >= 0.6 is 27.5 Å². The molecule has 1 amide bonds. The van der Waals surface area contributed by atoms with Crippen LogP contribution in [0.4, 0.5) is 0 Å². The van der Waals surface area contributed by atoms with Gasteiger partial charge in [-0.05, 0) is 40.5 Å². The van der Waals surface area contributed by atoms with E-state index in [1.54, 1.807) is 22.9 Å². The lowest BCUT2D eigenvalue weighted by Gasteiger charge is -2.03. The van der Waals surface area contributed by atoms with Gasteiger partial charge in [-0.3, -0.25) is 4.79 Å². The van der Waals surface area contributed by atoms with Crippen LogP contribution in [0.15, 0.2) is 64.2 Å². The lowest BCUT2D eigenvalue weighted by Crippen LogP contribution is -2.18. The number of aryl methyl sites for hydroxylation is 1. The number of rotatable bonds is 5. The molecule has 0 fully saturated rings. The average Bonchev–Trinajstić information content (AvgIpc) is 2.90. The molecule has 0 atom stereocenters. The number of carbonyl (C=O) groups is 1. The summed E-state index contributed by atoms with van der Waals surface area (Å²) in [6.45, 7) is 2.42. The van der Waals surface area contributed by atoms with E-state index in [1.807, 2.05) is 43.3 Å². The summed E-state index contributed by atoms with van der Waals surface area (Å²) in [6.07, 6.45) is 1.51. The highest BCUT2D eigenvalue weighted by Gasteiger charge is 2.13. The predicted molar refractivity (Wildman–Crippen MR) is 107 cm³/mol. The minimum atomic E-state index is -0.306. The molecule has 0 bridgehead atoms. The van der Waals surface area contributed by atoms with Crippen LogP contribution in [0, 0.1) is 6.92 Å². The van der Waals surface area contributed by atoms with Gasteiger partial charge < -0.3 is 0 Å². The zero-order valence-corrected chi connectivity index (χ0v) is 16.3. The third-order valence-corrected chi connectivity index (χ3v) is 4.85. The number of nitrogens with zero attached hydrogens (tertiary/aromatic N) is 3. The van der Waals surface area contributed by atoms with E-state index in [0.717, 1.165) is 11.3 Å². The van der Waals surface area contributed by atoms with Crippen LogP contribution < -0.4 is 5.43 Å². The molecule has 0 unspecified atom stereocenters. The maximum Gasteiger partial charge on any atom is 0.272 e. The molecule has 1 heterocycles. The lowest BCUT2D eigenvalue weighted by atomic mass is 10.2. The largest absolute Gasteiger partial charge is 0.272 e. The molecule has 0 aliphatic heterocycles. The van der Waals surface area contributed by atoms with Crippen molar-refractivity contribution in [1.29, 1.82) is 0 Å². The minimum absolute atomic E-state index is 0.306. The lowest BCUT2D eigenvalue weighted by molar-refractivity contribution is 0.0954. The Kier molecular flexibility index (Phi) is 5.85. The van der Waals surface area contributed by atoms with Crippen LogP contribution in [-0.4, -0.2) is 21.9 Å². The molecule has 0 aliphatic rings. The van der Waals surface area contributed by atoms with E-state index in [-0.39, 0.29) is 5.91 Å². The molecule has 5 nitrogen and oxygen atoms in total. The molecule has 1 aromatic heterocycles. The monoisotopic (exact) mass is 430 g/mol. The molecule has 0 aliphatic carbocycles. The van der Waals surface area contributed by atoms with Gasteiger partial charge in [-0.25, -0.2) is 10.1 Å². The summed E-state index contributed by atoms with van der Waals surface area (Å²) >= 11 is 9.77. The Labute approximate surface area is 164 Å². The van der Waals surface area contributed by atoms with Gasteiger partial charge in [-0.15, -0.1) is 0 Å². The maximum atomic E-state index is 12.2. The Morgan fingerprint density at radius 2 is 1.92 bits per heavy atom. The Hall–Kier alpha value is -2.44. The second-order valence-electron chi connectivity index (χ2n) is 5.61. The summed E-state index contributed by atoms with van der Waals surface area (Å²) in [5, 5.41) is 8.94. The number of halogens is 2. The van der Waals surface area contributed by atoms with Crippen LogP contribution in [0.2, 0.25) is 5.15 Å². The first-order valence-electron chi connectivity index (χ1n) is 7.91. The molecule has 0 radical (unpaired) electrons. The van der Waals surface area contributed by atoms with Gasteiger partial charge in [0.05, 0.1) is 29.6 Å². The molecule has 1 N–H and O–H groups in total. The maximum absolute atomic E-state index is 12.2. The van der Waals surface area contributed by atoms with E-state index in [4.69, 9.17) is 11.6 Å². The van der Waals surface area contributed by atoms with Gasteiger partial charge in [0.1, 0.15) is 5.15 Å². The van der Waals surface area contributed by atoms with Gasteiger partial charge in [0.2, 0.25) is 0 Å². The van der Waals surface area contributed by atoms with E-state index in [1.165, 1.54) is 6.21 Å². The van der Waals surface area contributed by atoms with Crippen molar-refractivity contribution in [3.8, 4) is 0 Å². The Morgan fingerprint density at radius 1 is 1.23 bits per heavy atom. The number of hydrogen-bond donors (Lipinski definition) is 1. The van der Waals surface area contributed by atoms with Crippen LogP contribution in [0.1, 0.15) is 27.2 Å². The second kappa shape index (κ2) is 8.29. The Bertz CT molecular complexity index is 953. The number of hydrogen-bond acceptors (Lipinski definition) is 3. The van der Waals surface area contributed by atoms with E-state index >= 15 is 0 Å². The average molecular weight is 432 g/mol. The normalized spacial score (nSPS) is 11.0. The van der Waals surface area contributed by atoms with Crippen molar-refractivity contribution in [3.05, 3.63) is 86.6 Å². The first-order valence-corrected chi connectivity index (χ1v) is 9.08. The fraction of sp³-hybridized carbons (Fsp3) is 0.105. The highest BCUT2D eigenvalue weighted by Crippen LogP contribution is 2.19. The van der Waals surface area contributed by atoms with Gasteiger partial charge in [0.25, 0.3) is 5.91 Å². The third-order valence-electron chi connectivity index (χ3n) is 3.76. The van der Waals surface area contributed by atoms with E-state index < -0.39 is 0 Å². The van der Waals surface area contributed by atoms with Gasteiger partial charge in [0, 0.05) is 4.47 Å². The van der Waals surface area contributed by atoms with Gasteiger partial charge in [-0.2, -0.15) is 10.2 Å². The molecule has 2 aromatic carbocycles. The third kappa shape index (κ3) is 4.20. The SMILES string of the molecule is Cc1nn(Cc2ccccc2)c(Cl)c1/C=N/NC(=O)c1ccccc1Br. The molecule has 7 heteroatoms. The van der Waals surface area contributed by atoms with Crippen molar-refractivity contribution in [1.82, 2.24) is 15.2 Å². The first-order chi connectivity index (χ1) is 12.6.